The number of rotatable bonds is 1. The molecule has 0 fully saturated rings. The molecule has 74 valence electrons. The molecule has 0 aliphatic carbocycles. The number of aromatic amines is 1. The molecule has 2 N–H and O–H groups in total. The van der Waals surface area contributed by atoms with Gasteiger partial charge in [-0.2, -0.15) is 8.42 Å². The van der Waals surface area contributed by atoms with Crippen LogP contribution in [0.4, 0.5) is 0 Å². The molecule has 0 radical (unpaired) electrons. The van der Waals surface area contributed by atoms with E-state index in [1.54, 1.807) is 0 Å². The van der Waals surface area contributed by atoms with Crippen LogP contribution < -0.4 is 0 Å². The fraction of sp³-hybridized carbons (Fsp3) is 0. The Hall–Kier alpha value is -1.18. The minimum Gasteiger partial charge on any atom is -0.343 e. The predicted molar refractivity (Wildman–Crippen MR) is 48.7 cm³/mol. The molecule has 0 aliphatic rings. The number of fused-ring (bicyclic) bond motifs is 1. The van der Waals surface area contributed by atoms with Crippen molar-refractivity contribution in [1.29, 1.82) is 0 Å². The molecule has 0 saturated carbocycles. The molecule has 8 heteroatoms. The first kappa shape index (κ1) is 9.38. The lowest BCUT2D eigenvalue weighted by molar-refractivity contribution is 0.484. The van der Waals surface area contributed by atoms with Gasteiger partial charge < -0.3 is 4.98 Å². The molecule has 6 nitrogen and oxygen atoms in total. The summed E-state index contributed by atoms with van der Waals surface area (Å²) in [6, 6.07) is 1.31. The Morgan fingerprint density at radius 2 is 2.14 bits per heavy atom. The summed E-state index contributed by atoms with van der Waals surface area (Å²) in [5.41, 5.74) is 0.252. The molecule has 2 aromatic heterocycles. The predicted octanol–water partition coefficient (Wildman–Crippen LogP) is 0.858. The third kappa shape index (κ3) is 1.45. The minimum atomic E-state index is -4.26. The number of nitrogens with one attached hydrogen (secondary N) is 1. The van der Waals surface area contributed by atoms with Gasteiger partial charge in [-0.1, -0.05) is 11.6 Å². The van der Waals surface area contributed by atoms with Gasteiger partial charge in [-0.05, 0) is 6.07 Å². The van der Waals surface area contributed by atoms with E-state index >= 15 is 0 Å². The highest BCUT2D eigenvalue weighted by Crippen LogP contribution is 2.22. The quantitative estimate of drug-likeness (QED) is 0.712. The normalized spacial score (nSPS) is 12.1. The van der Waals surface area contributed by atoms with Gasteiger partial charge in [-0.25, -0.2) is 0 Å². The van der Waals surface area contributed by atoms with E-state index in [1.165, 1.54) is 6.07 Å². The summed E-state index contributed by atoms with van der Waals surface area (Å²) >= 11 is 5.53. The van der Waals surface area contributed by atoms with Crippen LogP contribution in [0.2, 0.25) is 5.15 Å². The molecule has 2 rings (SSSR count). The standard InChI is InChI=1S/C6H4ClN3O3S/c7-5-1-3-4(14(11,12)13)2-8-6(3)10-9-5/h1-2H,(H,8,10)(H,11,12,13). The van der Waals surface area contributed by atoms with Crippen molar-refractivity contribution in [3.8, 4) is 0 Å². The molecule has 2 heterocycles. The van der Waals surface area contributed by atoms with Crippen LogP contribution in [0.15, 0.2) is 17.2 Å². The van der Waals surface area contributed by atoms with Crippen LogP contribution in [0.3, 0.4) is 0 Å². The van der Waals surface area contributed by atoms with Crippen molar-refractivity contribution in [2.45, 2.75) is 4.90 Å². The van der Waals surface area contributed by atoms with E-state index in [9.17, 15) is 8.42 Å². The zero-order valence-corrected chi connectivity index (χ0v) is 8.17. The first-order valence-corrected chi connectivity index (χ1v) is 5.28. The molecule has 0 amide bonds. The molecule has 0 aromatic carbocycles. The summed E-state index contributed by atoms with van der Waals surface area (Å²) in [5.74, 6) is 0. The first-order valence-electron chi connectivity index (χ1n) is 3.46. The Labute approximate surface area is 83.7 Å². The highest BCUT2D eigenvalue weighted by atomic mass is 35.5. The number of nitrogens with zero attached hydrogens (tertiary/aromatic N) is 2. The van der Waals surface area contributed by atoms with Gasteiger partial charge in [0.15, 0.2) is 10.8 Å². The number of hydrogen-bond acceptors (Lipinski definition) is 4. The Bertz CT molecular complexity index is 591. The van der Waals surface area contributed by atoms with E-state index in [4.69, 9.17) is 16.2 Å². The zero-order valence-electron chi connectivity index (χ0n) is 6.60. The van der Waals surface area contributed by atoms with Crippen LogP contribution in [0, 0.1) is 0 Å². The Morgan fingerprint density at radius 1 is 1.43 bits per heavy atom. The van der Waals surface area contributed by atoms with Crippen molar-refractivity contribution in [3.05, 3.63) is 17.4 Å². The molecule has 2 aromatic rings. The van der Waals surface area contributed by atoms with Gasteiger partial charge in [-0.3, -0.25) is 4.55 Å². The molecule has 0 atom stereocenters. The third-order valence-corrected chi connectivity index (χ3v) is 2.73. The lowest BCUT2D eigenvalue weighted by atomic mass is 10.4. The summed E-state index contributed by atoms with van der Waals surface area (Å²) in [6.07, 6.45) is 1.13. The molecule has 0 bridgehead atoms. The first-order chi connectivity index (χ1) is 6.48. The maximum atomic E-state index is 10.9. The van der Waals surface area contributed by atoms with E-state index in [1.807, 2.05) is 0 Å². The molecule has 14 heavy (non-hydrogen) atoms. The van der Waals surface area contributed by atoms with Crippen LogP contribution in [-0.2, 0) is 10.1 Å². The monoisotopic (exact) mass is 233 g/mol. The summed E-state index contributed by atoms with van der Waals surface area (Å²) in [7, 11) is -4.26. The van der Waals surface area contributed by atoms with E-state index in [0.29, 0.717) is 0 Å². The van der Waals surface area contributed by atoms with Crippen molar-refractivity contribution in [3.63, 3.8) is 0 Å². The average molecular weight is 234 g/mol. The van der Waals surface area contributed by atoms with Crippen LogP contribution in [0.25, 0.3) is 11.0 Å². The molecular formula is C6H4ClN3O3S. The van der Waals surface area contributed by atoms with Crippen LogP contribution in [-0.4, -0.2) is 28.2 Å². The third-order valence-electron chi connectivity index (χ3n) is 1.65. The van der Waals surface area contributed by atoms with Crippen LogP contribution >= 0.6 is 11.6 Å². The Kier molecular flexibility index (Phi) is 1.95. The van der Waals surface area contributed by atoms with Crippen molar-refractivity contribution < 1.29 is 13.0 Å². The van der Waals surface area contributed by atoms with Crippen LogP contribution in [0.5, 0.6) is 0 Å². The van der Waals surface area contributed by atoms with Crippen LogP contribution in [0.1, 0.15) is 0 Å². The van der Waals surface area contributed by atoms with Crippen molar-refractivity contribution in [1.82, 2.24) is 15.2 Å². The molecule has 0 spiro atoms. The topological polar surface area (TPSA) is 95.9 Å². The number of aromatic nitrogens is 3. The van der Waals surface area contributed by atoms with Crippen molar-refractivity contribution in [2.75, 3.05) is 0 Å². The molecule has 0 saturated heterocycles. The van der Waals surface area contributed by atoms with Crippen molar-refractivity contribution in [2.24, 2.45) is 0 Å². The SMILES string of the molecule is O=S(=O)(O)c1c[nH]c2nnc(Cl)cc12. The lowest BCUT2D eigenvalue weighted by Gasteiger charge is -1.93. The molecule has 0 aliphatic heterocycles. The lowest BCUT2D eigenvalue weighted by Crippen LogP contribution is -1.96. The Morgan fingerprint density at radius 3 is 2.79 bits per heavy atom. The molecular weight excluding hydrogens is 230 g/mol. The number of hydrogen-bond donors (Lipinski definition) is 2. The van der Waals surface area contributed by atoms with E-state index < -0.39 is 10.1 Å². The number of halogens is 1. The average Bonchev–Trinajstić information content (AvgIpc) is 2.45. The van der Waals surface area contributed by atoms with E-state index in [2.05, 4.69) is 15.2 Å². The van der Waals surface area contributed by atoms with Gasteiger partial charge in [0, 0.05) is 11.6 Å². The van der Waals surface area contributed by atoms with E-state index in [-0.39, 0.29) is 21.1 Å². The van der Waals surface area contributed by atoms with Gasteiger partial charge in [0.2, 0.25) is 0 Å². The highest BCUT2D eigenvalue weighted by Gasteiger charge is 2.16. The second kappa shape index (κ2) is 2.91. The Balaban J connectivity index is 2.87. The summed E-state index contributed by atoms with van der Waals surface area (Å²) in [4.78, 5) is 2.29. The van der Waals surface area contributed by atoms with Gasteiger partial charge in [0.25, 0.3) is 10.1 Å². The molecule has 0 unspecified atom stereocenters. The van der Waals surface area contributed by atoms with Gasteiger partial charge in [0.1, 0.15) is 4.90 Å². The van der Waals surface area contributed by atoms with Gasteiger partial charge >= 0.3 is 0 Å². The van der Waals surface area contributed by atoms with Gasteiger partial charge in [0.05, 0.1) is 0 Å². The minimum absolute atomic E-state index is 0.0574. The second-order valence-corrected chi connectivity index (χ2v) is 4.33. The fourth-order valence-corrected chi connectivity index (χ4v) is 1.88. The number of H-pyrrole nitrogens is 1. The second-order valence-electron chi connectivity index (χ2n) is 2.56. The zero-order chi connectivity index (χ0) is 10.3. The summed E-state index contributed by atoms with van der Waals surface area (Å²) < 4.78 is 30.6. The maximum Gasteiger partial charge on any atom is 0.296 e. The summed E-state index contributed by atoms with van der Waals surface area (Å²) in [6.45, 7) is 0. The maximum absolute atomic E-state index is 10.9. The van der Waals surface area contributed by atoms with E-state index in [0.717, 1.165) is 6.20 Å². The van der Waals surface area contributed by atoms with Gasteiger partial charge in [-0.15, -0.1) is 10.2 Å². The summed E-state index contributed by atoms with van der Waals surface area (Å²) in [5, 5.41) is 7.38. The fourth-order valence-electron chi connectivity index (χ4n) is 1.09. The highest BCUT2D eigenvalue weighted by molar-refractivity contribution is 7.86. The largest absolute Gasteiger partial charge is 0.343 e. The van der Waals surface area contributed by atoms with Crippen molar-refractivity contribution >= 4 is 32.8 Å². The smallest absolute Gasteiger partial charge is 0.296 e.